The fourth-order valence-electron chi connectivity index (χ4n) is 1.59. The molecule has 2 aromatic rings. The molecule has 0 amide bonds. The van der Waals surface area contributed by atoms with E-state index in [-0.39, 0.29) is 0 Å². The van der Waals surface area contributed by atoms with Gasteiger partial charge in [-0.15, -0.1) is 6.58 Å². The fraction of sp³-hybridized carbons (Fsp3) is 0.182. The Bertz CT molecular complexity index is 553. The molecular formula is C11H11ClN2S. The van der Waals surface area contributed by atoms with E-state index in [0.29, 0.717) is 9.79 Å². The standard InChI is InChI=1S/C11H11ClN2S/c1-2-3-7-14-9-6-4-5-8(12)10(9)13-11(14)15/h2,4-6H,1,3,7H2,(H,13,15). The van der Waals surface area contributed by atoms with Gasteiger partial charge in [0.2, 0.25) is 0 Å². The predicted molar refractivity (Wildman–Crippen MR) is 66.9 cm³/mol. The molecule has 0 bridgehead atoms. The van der Waals surface area contributed by atoms with Crippen LogP contribution < -0.4 is 0 Å². The van der Waals surface area contributed by atoms with Gasteiger partial charge >= 0.3 is 0 Å². The van der Waals surface area contributed by atoms with Gasteiger partial charge in [-0.05, 0) is 30.8 Å². The first-order chi connectivity index (χ1) is 7.24. The average Bonchev–Trinajstić information content (AvgIpc) is 2.54. The molecule has 2 rings (SSSR count). The Hall–Kier alpha value is -1.06. The molecule has 0 aliphatic heterocycles. The molecule has 15 heavy (non-hydrogen) atoms. The molecule has 0 aliphatic rings. The number of nitrogens with zero attached hydrogens (tertiary/aromatic N) is 1. The Labute approximate surface area is 98.2 Å². The quantitative estimate of drug-likeness (QED) is 0.635. The van der Waals surface area contributed by atoms with Crippen LogP contribution in [0.1, 0.15) is 6.42 Å². The zero-order valence-corrected chi connectivity index (χ0v) is 9.74. The number of allylic oxidation sites excluding steroid dienone is 1. The molecule has 78 valence electrons. The molecule has 0 unspecified atom stereocenters. The maximum atomic E-state index is 6.07. The van der Waals surface area contributed by atoms with Crippen molar-refractivity contribution in [1.82, 2.24) is 9.55 Å². The smallest absolute Gasteiger partial charge is 0.178 e. The molecule has 1 N–H and O–H groups in total. The van der Waals surface area contributed by atoms with Crippen LogP contribution in [0.4, 0.5) is 0 Å². The van der Waals surface area contributed by atoms with Gasteiger partial charge in [-0.3, -0.25) is 0 Å². The van der Waals surface area contributed by atoms with E-state index < -0.39 is 0 Å². The number of nitrogens with one attached hydrogen (secondary N) is 1. The number of H-pyrrole nitrogens is 1. The van der Waals surface area contributed by atoms with Gasteiger partial charge in [0.1, 0.15) is 0 Å². The summed E-state index contributed by atoms with van der Waals surface area (Å²) in [7, 11) is 0. The van der Waals surface area contributed by atoms with E-state index in [2.05, 4.69) is 11.6 Å². The van der Waals surface area contributed by atoms with E-state index in [1.807, 2.05) is 28.8 Å². The zero-order valence-electron chi connectivity index (χ0n) is 8.16. The number of aromatic amines is 1. The number of halogens is 1. The van der Waals surface area contributed by atoms with E-state index in [1.54, 1.807) is 0 Å². The van der Waals surface area contributed by atoms with Gasteiger partial charge in [0.25, 0.3) is 0 Å². The summed E-state index contributed by atoms with van der Waals surface area (Å²) < 4.78 is 2.75. The van der Waals surface area contributed by atoms with Gasteiger partial charge in [-0.1, -0.05) is 23.7 Å². The highest BCUT2D eigenvalue weighted by molar-refractivity contribution is 7.71. The summed E-state index contributed by atoms with van der Waals surface area (Å²) in [6.07, 6.45) is 2.78. The van der Waals surface area contributed by atoms with Crippen molar-refractivity contribution in [3.05, 3.63) is 40.6 Å². The van der Waals surface area contributed by atoms with Crippen molar-refractivity contribution in [2.24, 2.45) is 0 Å². The lowest BCUT2D eigenvalue weighted by Gasteiger charge is -2.01. The lowest BCUT2D eigenvalue weighted by Crippen LogP contribution is -1.96. The van der Waals surface area contributed by atoms with Gasteiger partial charge < -0.3 is 9.55 Å². The number of hydrogen-bond donors (Lipinski definition) is 1. The van der Waals surface area contributed by atoms with Crippen molar-refractivity contribution < 1.29 is 0 Å². The summed E-state index contributed by atoms with van der Waals surface area (Å²) in [6.45, 7) is 4.54. The molecule has 0 spiro atoms. The maximum Gasteiger partial charge on any atom is 0.178 e. The number of para-hydroxylation sites is 1. The molecule has 0 aliphatic carbocycles. The van der Waals surface area contributed by atoms with Crippen molar-refractivity contribution in [2.75, 3.05) is 0 Å². The first-order valence-corrected chi connectivity index (χ1v) is 5.50. The highest BCUT2D eigenvalue weighted by atomic mass is 35.5. The van der Waals surface area contributed by atoms with Crippen LogP contribution in [0.25, 0.3) is 11.0 Å². The Kier molecular flexibility index (Phi) is 2.93. The number of hydrogen-bond acceptors (Lipinski definition) is 1. The highest BCUT2D eigenvalue weighted by Crippen LogP contribution is 2.22. The van der Waals surface area contributed by atoms with E-state index in [0.717, 1.165) is 24.0 Å². The summed E-state index contributed by atoms with van der Waals surface area (Å²) in [6, 6.07) is 5.79. The maximum absolute atomic E-state index is 6.07. The molecule has 0 atom stereocenters. The van der Waals surface area contributed by atoms with Gasteiger partial charge in [0, 0.05) is 6.54 Å². The summed E-state index contributed by atoms with van der Waals surface area (Å²) in [4.78, 5) is 3.12. The van der Waals surface area contributed by atoms with Crippen molar-refractivity contribution in [2.45, 2.75) is 13.0 Å². The number of aromatic nitrogens is 2. The molecule has 0 fully saturated rings. The largest absolute Gasteiger partial charge is 0.329 e. The third kappa shape index (κ3) is 1.85. The van der Waals surface area contributed by atoms with Gasteiger partial charge in [0.05, 0.1) is 16.1 Å². The molecular weight excluding hydrogens is 228 g/mol. The van der Waals surface area contributed by atoms with Crippen molar-refractivity contribution in [3.63, 3.8) is 0 Å². The number of rotatable bonds is 3. The minimum absolute atomic E-state index is 0.705. The van der Waals surface area contributed by atoms with Crippen LogP contribution in [0, 0.1) is 4.77 Å². The van der Waals surface area contributed by atoms with Crippen LogP contribution in [0.3, 0.4) is 0 Å². The third-order valence-corrected chi connectivity index (χ3v) is 2.95. The summed E-state index contributed by atoms with van der Waals surface area (Å²) in [5, 5.41) is 0.705. The Morgan fingerprint density at radius 1 is 1.53 bits per heavy atom. The number of benzene rings is 1. The summed E-state index contributed by atoms with van der Waals surface area (Å²) in [5.41, 5.74) is 1.96. The van der Waals surface area contributed by atoms with Gasteiger partial charge in [0.15, 0.2) is 4.77 Å². The van der Waals surface area contributed by atoms with E-state index in [4.69, 9.17) is 23.8 Å². The number of imidazole rings is 1. The first-order valence-electron chi connectivity index (χ1n) is 4.72. The van der Waals surface area contributed by atoms with Gasteiger partial charge in [-0.25, -0.2) is 0 Å². The molecule has 1 aromatic heterocycles. The highest BCUT2D eigenvalue weighted by Gasteiger charge is 2.05. The van der Waals surface area contributed by atoms with Crippen LogP contribution in [-0.2, 0) is 6.54 Å². The van der Waals surface area contributed by atoms with Crippen LogP contribution in [-0.4, -0.2) is 9.55 Å². The van der Waals surface area contributed by atoms with Crippen LogP contribution in [0.15, 0.2) is 30.9 Å². The second-order valence-corrected chi connectivity index (χ2v) is 4.09. The Morgan fingerprint density at radius 2 is 2.33 bits per heavy atom. The minimum Gasteiger partial charge on any atom is -0.329 e. The van der Waals surface area contributed by atoms with Gasteiger partial charge in [-0.2, -0.15) is 0 Å². The molecule has 1 heterocycles. The summed E-state index contributed by atoms with van der Waals surface area (Å²) in [5.74, 6) is 0. The minimum atomic E-state index is 0.705. The Morgan fingerprint density at radius 3 is 3.07 bits per heavy atom. The normalized spacial score (nSPS) is 10.7. The van der Waals surface area contributed by atoms with Crippen molar-refractivity contribution in [3.8, 4) is 0 Å². The second kappa shape index (κ2) is 4.21. The molecule has 0 radical (unpaired) electrons. The molecule has 0 saturated heterocycles. The molecule has 0 saturated carbocycles. The lowest BCUT2D eigenvalue weighted by atomic mass is 10.3. The lowest BCUT2D eigenvalue weighted by molar-refractivity contribution is 0.721. The molecule has 1 aromatic carbocycles. The molecule has 2 nitrogen and oxygen atoms in total. The van der Waals surface area contributed by atoms with Crippen molar-refractivity contribution in [1.29, 1.82) is 0 Å². The third-order valence-electron chi connectivity index (χ3n) is 2.32. The number of aryl methyl sites for hydroxylation is 1. The van der Waals surface area contributed by atoms with E-state index >= 15 is 0 Å². The predicted octanol–water partition coefficient (Wildman–Crippen LogP) is 3.93. The summed E-state index contributed by atoms with van der Waals surface area (Å²) >= 11 is 11.3. The fourth-order valence-corrected chi connectivity index (χ4v) is 2.10. The van der Waals surface area contributed by atoms with Crippen LogP contribution in [0.5, 0.6) is 0 Å². The zero-order chi connectivity index (χ0) is 10.8. The molecule has 4 heteroatoms. The first kappa shape index (κ1) is 10.5. The topological polar surface area (TPSA) is 20.7 Å². The average molecular weight is 239 g/mol. The second-order valence-electron chi connectivity index (χ2n) is 3.29. The van der Waals surface area contributed by atoms with Crippen LogP contribution >= 0.6 is 23.8 Å². The SMILES string of the molecule is C=CCCn1c(=S)[nH]c2c(Cl)cccc21. The van der Waals surface area contributed by atoms with E-state index in [9.17, 15) is 0 Å². The van der Waals surface area contributed by atoms with E-state index in [1.165, 1.54) is 0 Å². The Balaban J connectivity index is 2.63. The monoisotopic (exact) mass is 238 g/mol. The van der Waals surface area contributed by atoms with Crippen LogP contribution in [0.2, 0.25) is 5.02 Å². The van der Waals surface area contributed by atoms with Crippen molar-refractivity contribution >= 4 is 34.9 Å². The number of fused-ring (bicyclic) bond motifs is 1.